The summed E-state index contributed by atoms with van der Waals surface area (Å²) in [6.45, 7) is 1.53. The minimum Gasteiger partial charge on any atom is -0.496 e. The van der Waals surface area contributed by atoms with E-state index in [0.29, 0.717) is 75.9 Å². The fourth-order valence-electron chi connectivity index (χ4n) is 6.90. The number of fused-ring (bicyclic) bond motifs is 1. The number of carbonyl (C=O) groups excluding carboxylic acids is 4. The molecular formula is C37H43N3O6. The number of benzene rings is 3. The topological polar surface area (TPSA) is 114 Å². The molecule has 5 rings (SSSR count). The van der Waals surface area contributed by atoms with E-state index in [0.717, 1.165) is 16.7 Å². The highest BCUT2D eigenvalue weighted by atomic mass is 16.5. The second-order valence-corrected chi connectivity index (χ2v) is 12.0. The van der Waals surface area contributed by atoms with Crippen LogP contribution in [0.15, 0.2) is 78.9 Å². The number of ether oxygens (including phenoxy) is 2. The molecule has 9 heteroatoms. The summed E-state index contributed by atoms with van der Waals surface area (Å²) < 4.78 is 10.1. The minimum absolute atomic E-state index is 0.0397. The maximum atomic E-state index is 14.1. The Hall–Kier alpha value is -4.66. The summed E-state index contributed by atoms with van der Waals surface area (Å²) in [5, 5.41) is 6.26. The van der Waals surface area contributed by atoms with Crippen LogP contribution in [0.3, 0.4) is 0 Å². The number of amides is 3. The highest BCUT2D eigenvalue weighted by Gasteiger charge is 2.48. The van der Waals surface area contributed by atoms with Gasteiger partial charge in [-0.2, -0.15) is 0 Å². The van der Waals surface area contributed by atoms with Gasteiger partial charge in [0, 0.05) is 32.1 Å². The lowest BCUT2D eigenvalue weighted by atomic mass is 9.62. The highest BCUT2D eigenvalue weighted by Crippen LogP contribution is 2.48. The third-order valence-electron chi connectivity index (χ3n) is 9.37. The lowest BCUT2D eigenvalue weighted by Crippen LogP contribution is -2.51. The van der Waals surface area contributed by atoms with Gasteiger partial charge in [0.15, 0.2) is 0 Å². The number of nitrogens with one attached hydrogen (secondary N) is 2. The van der Waals surface area contributed by atoms with E-state index < -0.39 is 5.41 Å². The van der Waals surface area contributed by atoms with Crippen LogP contribution in [0.2, 0.25) is 0 Å². The summed E-state index contributed by atoms with van der Waals surface area (Å²) in [7, 11) is 2.92. The first-order valence-corrected chi connectivity index (χ1v) is 16.1. The fraction of sp³-hybridized carbons (Fsp3) is 0.405. The smallest absolute Gasteiger partial charge is 0.305 e. The molecule has 0 bridgehead atoms. The number of hydrogen-bond acceptors (Lipinski definition) is 6. The number of unbranched alkanes of at least 4 members (excludes halogenated alkanes) is 1. The van der Waals surface area contributed by atoms with Crippen LogP contribution in [0.5, 0.6) is 5.75 Å². The van der Waals surface area contributed by atoms with Gasteiger partial charge in [0.05, 0.1) is 31.1 Å². The maximum Gasteiger partial charge on any atom is 0.305 e. The molecular weight excluding hydrogens is 582 g/mol. The number of para-hydroxylation sites is 1. The van der Waals surface area contributed by atoms with Crippen LogP contribution in [0.1, 0.15) is 77.9 Å². The van der Waals surface area contributed by atoms with Crippen molar-refractivity contribution in [3.63, 3.8) is 0 Å². The Balaban J connectivity index is 1.29. The molecule has 0 spiro atoms. The molecule has 0 radical (unpaired) electrons. The van der Waals surface area contributed by atoms with E-state index in [4.69, 9.17) is 9.47 Å². The number of likely N-dealkylation sites (tertiary alicyclic amines) is 1. The number of carbonyl (C=O) groups is 4. The van der Waals surface area contributed by atoms with Gasteiger partial charge in [-0.1, -0.05) is 66.7 Å². The van der Waals surface area contributed by atoms with Gasteiger partial charge in [-0.15, -0.1) is 0 Å². The normalized spacial score (nSPS) is 19.4. The molecule has 1 fully saturated rings. The summed E-state index contributed by atoms with van der Waals surface area (Å²) >= 11 is 0. The van der Waals surface area contributed by atoms with E-state index >= 15 is 0 Å². The lowest BCUT2D eigenvalue weighted by molar-refractivity contribution is -0.140. The summed E-state index contributed by atoms with van der Waals surface area (Å²) in [6, 6.07) is 24.7. The van der Waals surface area contributed by atoms with Crippen molar-refractivity contribution in [1.29, 1.82) is 0 Å². The van der Waals surface area contributed by atoms with E-state index in [1.165, 1.54) is 7.11 Å². The number of piperidine rings is 1. The molecule has 2 aliphatic rings. The third-order valence-corrected chi connectivity index (χ3v) is 9.37. The number of methoxy groups -OCH3 is 2. The second kappa shape index (κ2) is 15.1. The Kier molecular flexibility index (Phi) is 10.7. The molecule has 0 unspecified atom stereocenters. The van der Waals surface area contributed by atoms with Gasteiger partial charge < -0.3 is 25.0 Å². The molecule has 1 aliphatic heterocycles. The van der Waals surface area contributed by atoms with E-state index in [9.17, 15) is 19.2 Å². The van der Waals surface area contributed by atoms with Crippen molar-refractivity contribution in [1.82, 2.24) is 15.5 Å². The zero-order chi connectivity index (χ0) is 32.5. The third kappa shape index (κ3) is 6.93. The Morgan fingerprint density at radius 2 is 1.54 bits per heavy atom. The van der Waals surface area contributed by atoms with Gasteiger partial charge in [-0.3, -0.25) is 19.2 Å². The summed E-state index contributed by atoms with van der Waals surface area (Å²) in [5.41, 5.74) is 2.19. The van der Waals surface area contributed by atoms with Crippen molar-refractivity contribution in [2.45, 2.75) is 62.3 Å². The SMILES string of the molecule is COC(=O)CCCCNC(=O)[C@@]1(c2ccccc2)CC[C@H](C(=O)N2CCC(NC(=O)c3ccccc3OC)CC2)c2ccccc21. The minimum atomic E-state index is -0.938. The Morgan fingerprint density at radius 3 is 2.28 bits per heavy atom. The number of esters is 1. The molecule has 1 aliphatic carbocycles. The van der Waals surface area contributed by atoms with E-state index in [1.54, 1.807) is 19.2 Å². The quantitative estimate of drug-likeness (QED) is 0.235. The Bertz CT molecular complexity index is 1530. The molecule has 3 aromatic carbocycles. The van der Waals surface area contributed by atoms with Gasteiger partial charge in [0.2, 0.25) is 11.8 Å². The van der Waals surface area contributed by atoms with Crippen molar-refractivity contribution >= 4 is 23.7 Å². The molecule has 3 aromatic rings. The molecule has 1 heterocycles. The molecule has 46 heavy (non-hydrogen) atoms. The molecule has 2 N–H and O–H groups in total. The lowest BCUT2D eigenvalue weighted by Gasteiger charge is -2.42. The van der Waals surface area contributed by atoms with Crippen LogP contribution in [0.4, 0.5) is 0 Å². The van der Waals surface area contributed by atoms with Crippen molar-refractivity contribution in [3.05, 3.63) is 101 Å². The summed E-state index contributed by atoms with van der Waals surface area (Å²) in [4.78, 5) is 54.6. The summed E-state index contributed by atoms with van der Waals surface area (Å²) in [5.74, 6) is -0.301. The zero-order valence-electron chi connectivity index (χ0n) is 26.6. The van der Waals surface area contributed by atoms with Crippen LogP contribution >= 0.6 is 0 Å². The van der Waals surface area contributed by atoms with E-state index in [1.807, 2.05) is 71.6 Å². The van der Waals surface area contributed by atoms with Gasteiger partial charge in [0.1, 0.15) is 5.75 Å². The predicted molar refractivity (Wildman–Crippen MR) is 175 cm³/mol. The van der Waals surface area contributed by atoms with E-state index in [2.05, 4.69) is 10.6 Å². The zero-order valence-corrected chi connectivity index (χ0v) is 26.6. The standard InChI is InChI=1S/C37H43N3O6/c1-45-32-17-9-7-15-30(32)34(42)39-27-20-24-40(25-21-27)35(43)29-19-22-37(26-12-4-3-5-13-26,31-16-8-6-14-28(29)31)36(44)38-23-11-10-18-33(41)46-2/h3-9,12-17,27,29H,10-11,18-25H2,1-2H3,(H,38,44)(H,39,42)/t29-,37+/m0/s1. The van der Waals surface area contributed by atoms with Crippen molar-refractivity contribution in [2.24, 2.45) is 0 Å². The number of nitrogens with zero attached hydrogens (tertiary/aromatic N) is 1. The highest BCUT2D eigenvalue weighted by molar-refractivity contribution is 5.97. The van der Waals surface area contributed by atoms with Crippen LogP contribution in [-0.4, -0.2) is 68.5 Å². The van der Waals surface area contributed by atoms with Gasteiger partial charge in [-0.05, 0) is 67.3 Å². The first kappa shape index (κ1) is 32.7. The van der Waals surface area contributed by atoms with Crippen molar-refractivity contribution in [2.75, 3.05) is 33.9 Å². The molecule has 2 atom stereocenters. The molecule has 9 nitrogen and oxygen atoms in total. The van der Waals surface area contributed by atoms with Crippen molar-refractivity contribution < 1.29 is 28.7 Å². The molecule has 242 valence electrons. The Morgan fingerprint density at radius 1 is 0.848 bits per heavy atom. The number of hydrogen-bond donors (Lipinski definition) is 2. The fourth-order valence-corrected chi connectivity index (χ4v) is 6.90. The summed E-state index contributed by atoms with van der Waals surface area (Å²) in [6.07, 6.45) is 3.94. The number of rotatable bonds is 11. The van der Waals surface area contributed by atoms with Crippen LogP contribution < -0.4 is 15.4 Å². The maximum absolute atomic E-state index is 14.1. The van der Waals surface area contributed by atoms with Crippen molar-refractivity contribution in [3.8, 4) is 5.75 Å². The average molecular weight is 626 g/mol. The van der Waals surface area contributed by atoms with Gasteiger partial charge in [0.25, 0.3) is 5.91 Å². The van der Waals surface area contributed by atoms with E-state index in [-0.39, 0.29) is 35.7 Å². The second-order valence-electron chi connectivity index (χ2n) is 12.0. The molecule has 0 saturated carbocycles. The average Bonchev–Trinajstić information content (AvgIpc) is 3.11. The first-order valence-electron chi connectivity index (χ1n) is 16.1. The van der Waals surface area contributed by atoms with Gasteiger partial charge in [-0.25, -0.2) is 0 Å². The van der Waals surface area contributed by atoms with Gasteiger partial charge >= 0.3 is 5.97 Å². The molecule has 3 amide bonds. The van der Waals surface area contributed by atoms with Crippen LogP contribution in [0, 0.1) is 0 Å². The van der Waals surface area contributed by atoms with Crippen LogP contribution in [0.25, 0.3) is 0 Å². The largest absolute Gasteiger partial charge is 0.496 e. The molecule has 0 aromatic heterocycles. The Labute approximate surface area is 270 Å². The monoisotopic (exact) mass is 625 g/mol. The van der Waals surface area contributed by atoms with Crippen LogP contribution in [-0.2, 0) is 24.5 Å². The predicted octanol–water partition coefficient (Wildman–Crippen LogP) is 4.74. The first-order chi connectivity index (χ1) is 22.4. The molecule has 1 saturated heterocycles.